The van der Waals surface area contributed by atoms with E-state index in [4.69, 9.17) is 0 Å². The summed E-state index contributed by atoms with van der Waals surface area (Å²) in [5.41, 5.74) is 1.24. The first kappa shape index (κ1) is 14.9. The summed E-state index contributed by atoms with van der Waals surface area (Å²) in [4.78, 5) is 7.08. The standard InChI is InChI=1S/C13H19BrN2.ClH/c1-10(2)16-7-3-4-11(9-16)13-6-5-12(14)8-15-13;/h5-6,8,10-11H,3-4,7,9H2,1-2H3;1H. The van der Waals surface area contributed by atoms with Crippen molar-refractivity contribution in [3.63, 3.8) is 0 Å². The number of piperidine rings is 1. The lowest BCUT2D eigenvalue weighted by Crippen LogP contribution is -2.39. The van der Waals surface area contributed by atoms with Gasteiger partial charge in [-0.05, 0) is 61.3 Å². The number of hydrogen-bond acceptors (Lipinski definition) is 2. The van der Waals surface area contributed by atoms with Gasteiger partial charge in [0.25, 0.3) is 0 Å². The lowest BCUT2D eigenvalue weighted by Gasteiger charge is -2.35. The summed E-state index contributed by atoms with van der Waals surface area (Å²) in [7, 11) is 0. The molecule has 0 aromatic carbocycles. The molecule has 1 aromatic rings. The highest BCUT2D eigenvalue weighted by atomic mass is 79.9. The summed E-state index contributed by atoms with van der Waals surface area (Å²) >= 11 is 3.43. The van der Waals surface area contributed by atoms with Gasteiger partial charge in [-0.25, -0.2) is 0 Å². The van der Waals surface area contributed by atoms with E-state index in [0.29, 0.717) is 12.0 Å². The summed E-state index contributed by atoms with van der Waals surface area (Å²) in [6.45, 7) is 6.95. The fourth-order valence-corrected chi connectivity index (χ4v) is 2.58. The smallest absolute Gasteiger partial charge is 0.0448 e. The molecular weight excluding hydrogens is 300 g/mol. The molecule has 0 amide bonds. The van der Waals surface area contributed by atoms with Crippen molar-refractivity contribution in [2.24, 2.45) is 0 Å². The van der Waals surface area contributed by atoms with Crippen LogP contribution in [0, 0.1) is 0 Å². The Kier molecular flexibility index (Phi) is 5.90. The van der Waals surface area contributed by atoms with E-state index in [1.807, 2.05) is 6.20 Å². The van der Waals surface area contributed by atoms with Crippen LogP contribution in [0.4, 0.5) is 0 Å². The fraction of sp³-hybridized carbons (Fsp3) is 0.615. The second kappa shape index (κ2) is 6.72. The molecule has 2 nitrogen and oxygen atoms in total. The van der Waals surface area contributed by atoms with Gasteiger partial charge in [-0.2, -0.15) is 0 Å². The minimum absolute atomic E-state index is 0. The van der Waals surface area contributed by atoms with Gasteiger partial charge >= 0.3 is 0 Å². The normalized spacial score (nSPS) is 21.3. The Balaban J connectivity index is 0.00000144. The molecule has 0 spiro atoms. The van der Waals surface area contributed by atoms with Gasteiger partial charge in [-0.3, -0.25) is 4.98 Å². The van der Waals surface area contributed by atoms with Crippen LogP contribution in [0.2, 0.25) is 0 Å². The van der Waals surface area contributed by atoms with Gasteiger partial charge in [0.15, 0.2) is 0 Å². The third-order valence-electron chi connectivity index (χ3n) is 3.35. The number of aromatic nitrogens is 1. The molecule has 0 radical (unpaired) electrons. The van der Waals surface area contributed by atoms with E-state index >= 15 is 0 Å². The Morgan fingerprint density at radius 3 is 2.76 bits per heavy atom. The largest absolute Gasteiger partial charge is 0.300 e. The van der Waals surface area contributed by atoms with Crippen LogP contribution in [0.1, 0.15) is 38.3 Å². The molecule has 1 saturated heterocycles. The number of hydrogen-bond donors (Lipinski definition) is 0. The predicted molar refractivity (Wildman–Crippen MR) is 77.9 cm³/mol. The fourth-order valence-electron chi connectivity index (χ4n) is 2.35. The molecule has 1 aliphatic heterocycles. The first-order chi connectivity index (χ1) is 7.66. The van der Waals surface area contributed by atoms with Gasteiger partial charge < -0.3 is 4.90 Å². The quantitative estimate of drug-likeness (QED) is 0.823. The Morgan fingerprint density at radius 2 is 2.18 bits per heavy atom. The molecule has 1 unspecified atom stereocenters. The van der Waals surface area contributed by atoms with Crippen molar-refractivity contribution in [3.8, 4) is 0 Å². The van der Waals surface area contributed by atoms with Gasteiger partial charge in [0.2, 0.25) is 0 Å². The van der Waals surface area contributed by atoms with Crippen LogP contribution in [0.5, 0.6) is 0 Å². The molecule has 4 heteroatoms. The molecule has 0 N–H and O–H groups in total. The van der Waals surface area contributed by atoms with Crippen LogP contribution in [-0.4, -0.2) is 29.0 Å². The van der Waals surface area contributed by atoms with Crippen LogP contribution in [0.15, 0.2) is 22.8 Å². The van der Waals surface area contributed by atoms with Gasteiger partial charge in [0.05, 0.1) is 0 Å². The Hall–Kier alpha value is -0.120. The summed E-state index contributed by atoms with van der Waals surface area (Å²) < 4.78 is 1.06. The molecule has 0 saturated carbocycles. The van der Waals surface area contributed by atoms with Crippen molar-refractivity contribution in [1.82, 2.24) is 9.88 Å². The average molecular weight is 320 g/mol. The van der Waals surface area contributed by atoms with E-state index in [2.05, 4.69) is 51.8 Å². The molecule has 1 fully saturated rings. The zero-order chi connectivity index (χ0) is 11.5. The van der Waals surface area contributed by atoms with Crippen molar-refractivity contribution in [2.75, 3.05) is 13.1 Å². The molecule has 1 atom stereocenters. The van der Waals surface area contributed by atoms with Crippen LogP contribution in [-0.2, 0) is 0 Å². The lowest BCUT2D eigenvalue weighted by molar-refractivity contribution is 0.166. The maximum Gasteiger partial charge on any atom is 0.0448 e. The minimum atomic E-state index is 0. The first-order valence-electron chi connectivity index (χ1n) is 6.02. The number of halogens is 2. The van der Waals surface area contributed by atoms with Crippen LogP contribution >= 0.6 is 28.3 Å². The molecule has 1 aromatic heterocycles. The Bertz CT molecular complexity index is 340. The van der Waals surface area contributed by atoms with Gasteiger partial charge in [0.1, 0.15) is 0 Å². The number of likely N-dealkylation sites (tertiary alicyclic amines) is 1. The highest BCUT2D eigenvalue weighted by Gasteiger charge is 2.23. The second-order valence-electron chi connectivity index (χ2n) is 4.83. The summed E-state index contributed by atoms with van der Waals surface area (Å²) in [5, 5.41) is 0. The summed E-state index contributed by atoms with van der Waals surface area (Å²) in [5.74, 6) is 0.615. The number of rotatable bonds is 2. The maximum absolute atomic E-state index is 4.52. The van der Waals surface area contributed by atoms with E-state index in [9.17, 15) is 0 Å². The monoisotopic (exact) mass is 318 g/mol. The molecule has 0 aliphatic carbocycles. The molecule has 2 rings (SSSR count). The zero-order valence-corrected chi connectivity index (χ0v) is 12.8. The van der Waals surface area contributed by atoms with E-state index < -0.39 is 0 Å². The molecule has 96 valence electrons. The van der Waals surface area contributed by atoms with Crippen LogP contribution in [0.3, 0.4) is 0 Å². The highest BCUT2D eigenvalue weighted by Crippen LogP contribution is 2.27. The molecule has 17 heavy (non-hydrogen) atoms. The Morgan fingerprint density at radius 1 is 1.41 bits per heavy atom. The molecule has 2 heterocycles. The SMILES string of the molecule is CC(C)N1CCCC(c2ccc(Br)cn2)C1.Cl. The van der Waals surface area contributed by atoms with Crippen molar-refractivity contribution in [1.29, 1.82) is 0 Å². The van der Waals surface area contributed by atoms with Crippen LogP contribution in [0.25, 0.3) is 0 Å². The topological polar surface area (TPSA) is 16.1 Å². The van der Waals surface area contributed by atoms with E-state index in [1.54, 1.807) is 0 Å². The van der Waals surface area contributed by atoms with E-state index in [1.165, 1.54) is 25.1 Å². The predicted octanol–water partition coefficient (Wildman–Crippen LogP) is 3.85. The van der Waals surface area contributed by atoms with Gasteiger partial charge in [-0.1, -0.05) is 0 Å². The zero-order valence-electron chi connectivity index (χ0n) is 10.4. The van der Waals surface area contributed by atoms with E-state index in [0.717, 1.165) is 11.0 Å². The van der Waals surface area contributed by atoms with Gasteiger partial charge in [0, 0.05) is 34.9 Å². The van der Waals surface area contributed by atoms with Crippen LogP contribution < -0.4 is 0 Å². The van der Waals surface area contributed by atoms with Crippen molar-refractivity contribution in [2.45, 2.75) is 38.6 Å². The number of nitrogens with zero attached hydrogens (tertiary/aromatic N) is 2. The van der Waals surface area contributed by atoms with Gasteiger partial charge in [-0.15, -0.1) is 12.4 Å². The maximum atomic E-state index is 4.52. The minimum Gasteiger partial charge on any atom is -0.300 e. The molecule has 0 bridgehead atoms. The molecular formula is C13H20BrClN2. The molecule has 1 aliphatic rings. The lowest BCUT2D eigenvalue weighted by atomic mass is 9.93. The second-order valence-corrected chi connectivity index (χ2v) is 5.74. The number of pyridine rings is 1. The third kappa shape index (κ3) is 3.94. The third-order valence-corrected chi connectivity index (χ3v) is 3.82. The summed E-state index contributed by atoms with van der Waals surface area (Å²) in [6.07, 6.45) is 4.47. The van der Waals surface area contributed by atoms with Crippen molar-refractivity contribution >= 4 is 28.3 Å². The first-order valence-corrected chi connectivity index (χ1v) is 6.81. The van der Waals surface area contributed by atoms with Crippen molar-refractivity contribution in [3.05, 3.63) is 28.5 Å². The van der Waals surface area contributed by atoms with Crippen molar-refractivity contribution < 1.29 is 0 Å². The average Bonchev–Trinajstić information content (AvgIpc) is 2.30. The summed E-state index contributed by atoms with van der Waals surface area (Å²) in [6, 6.07) is 4.90. The highest BCUT2D eigenvalue weighted by molar-refractivity contribution is 9.10. The Labute approximate surface area is 118 Å². The van der Waals surface area contributed by atoms with E-state index in [-0.39, 0.29) is 12.4 Å².